The summed E-state index contributed by atoms with van der Waals surface area (Å²) in [6.45, 7) is 3.93. The van der Waals surface area contributed by atoms with E-state index < -0.39 is 0 Å². The number of benzene rings is 1. The summed E-state index contributed by atoms with van der Waals surface area (Å²) < 4.78 is 0. The topological polar surface area (TPSA) is 54.9 Å². The average molecular weight is 309 g/mol. The maximum Gasteiger partial charge on any atom is 0.224 e. The summed E-state index contributed by atoms with van der Waals surface area (Å²) in [5, 5.41) is 3.05. The van der Waals surface area contributed by atoms with Gasteiger partial charge in [-0.15, -0.1) is 0 Å². The van der Waals surface area contributed by atoms with Crippen LogP contribution < -0.4 is 5.32 Å². The molecule has 2 aliphatic carbocycles. The minimum atomic E-state index is 0.138. The van der Waals surface area contributed by atoms with Gasteiger partial charge in [0.2, 0.25) is 5.91 Å². The van der Waals surface area contributed by atoms with Crippen LogP contribution in [0.3, 0.4) is 0 Å². The van der Waals surface area contributed by atoms with Crippen molar-refractivity contribution in [3.05, 3.63) is 29.6 Å². The highest BCUT2D eigenvalue weighted by Crippen LogP contribution is 2.49. The van der Waals surface area contributed by atoms with Gasteiger partial charge in [-0.3, -0.25) is 4.79 Å². The van der Waals surface area contributed by atoms with E-state index in [4.69, 9.17) is 0 Å². The summed E-state index contributed by atoms with van der Waals surface area (Å²) in [6, 6.07) is 5.78. The molecule has 1 aromatic heterocycles. The van der Waals surface area contributed by atoms with E-state index in [0.29, 0.717) is 12.3 Å². The fourth-order valence-corrected chi connectivity index (χ4v) is 4.39. The molecular weight excluding hydrogens is 286 g/mol. The Hall–Kier alpha value is -1.97. The molecule has 4 rings (SSSR count). The number of hydrogen-bond acceptors (Lipinski definition) is 3. The second-order valence-electron chi connectivity index (χ2n) is 7.29. The van der Waals surface area contributed by atoms with E-state index in [0.717, 1.165) is 39.9 Å². The molecule has 2 bridgehead atoms. The van der Waals surface area contributed by atoms with Crippen molar-refractivity contribution in [3.8, 4) is 0 Å². The second-order valence-corrected chi connectivity index (χ2v) is 7.29. The highest BCUT2D eigenvalue weighted by molar-refractivity contribution is 5.93. The van der Waals surface area contributed by atoms with Crippen molar-refractivity contribution in [2.75, 3.05) is 5.32 Å². The number of nitrogens with one attached hydrogen (secondary N) is 1. The number of carbonyl (C=O) groups is 1. The molecule has 2 aromatic rings. The molecule has 1 amide bonds. The van der Waals surface area contributed by atoms with Crippen LogP contribution in [-0.4, -0.2) is 15.9 Å². The van der Waals surface area contributed by atoms with E-state index in [1.807, 2.05) is 32.0 Å². The van der Waals surface area contributed by atoms with Gasteiger partial charge < -0.3 is 5.32 Å². The van der Waals surface area contributed by atoms with Gasteiger partial charge in [0.25, 0.3) is 0 Å². The molecule has 2 fully saturated rings. The number of fused-ring (bicyclic) bond motifs is 3. The van der Waals surface area contributed by atoms with E-state index in [-0.39, 0.29) is 5.91 Å². The van der Waals surface area contributed by atoms with Crippen LogP contribution in [0.1, 0.15) is 43.5 Å². The quantitative estimate of drug-likeness (QED) is 0.932. The molecule has 2 aliphatic rings. The maximum absolute atomic E-state index is 12.4. The molecule has 2 saturated carbocycles. The van der Waals surface area contributed by atoms with E-state index in [1.54, 1.807) is 0 Å². The molecular formula is C19H23N3O. The summed E-state index contributed by atoms with van der Waals surface area (Å²) in [4.78, 5) is 21.4. The lowest BCUT2D eigenvalue weighted by atomic mass is 9.86. The Bertz CT molecular complexity index is 771. The van der Waals surface area contributed by atoms with Crippen molar-refractivity contribution in [1.29, 1.82) is 0 Å². The summed E-state index contributed by atoms with van der Waals surface area (Å²) in [6.07, 6.45) is 5.97. The largest absolute Gasteiger partial charge is 0.326 e. The molecule has 1 aromatic carbocycles. The molecule has 120 valence electrons. The van der Waals surface area contributed by atoms with Gasteiger partial charge in [-0.2, -0.15) is 0 Å². The monoisotopic (exact) mass is 309 g/mol. The number of nitrogens with zero attached hydrogens (tertiary/aromatic N) is 2. The molecule has 23 heavy (non-hydrogen) atoms. The fourth-order valence-electron chi connectivity index (χ4n) is 4.39. The standard InChI is InChI=1S/C19H23N3O/c1-11-12(2)21-18-10-16(5-6-17(18)20-11)22-19(23)9-15-8-13-3-4-14(15)7-13/h5-6,10,13-15H,3-4,7-9H2,1-2H3,(H,22,23)/t13-,14-,15-/m0/s1. The molecule has 1 heterocycles. The predicted molar refractivity (Wildman–Crippen MR) is 91.2 cm³/mol. The molecule has 3 atom stereocenters. The van der Waals surface area contributed by atoms with Crippen LogP contribution in [0.15, 0.2) is 18.2 Å². The zero-order chi connectivity index (χ0) is 16.0. The Morgan fingerprint density at radius 3 is 2.61 bits per heavy atom. The summed E-state index contributed by atoms with van der Waals surface area (Å²) >= 11 is 0. The predicted octanol–water partition coefficient (Wildman–Crippen LogP) is 4.01. The Kier molecular flexibility index (Phi) is 3.55. The van der Waals surface area contributed by atoms with Crippen LogP contribution in [0, 0.1) is 31.6 Å². The first kappa shape index (κ1) is 14.6. The third-order valence-electron chi connectivity index (χ3n) is 5.69. The third-order valence-corrected chi connectivity index (χ3v) is 5.69. The lowest BCUT2D eigenvalue weighted by Crippen LogP contribution is -2.20. The van der Waals surface area contributed by atoms with Crippen LogP contribution in [0.5, 0.6) is 0 Å². The van der Waals surface area contributed by atoms with E-state index >= 15 is 0 Å². The van der Waals surface area contributed by atoms with Gasteiger partial charge in [-0.1, -0.05) is 6.42 Å². The van der Waals surface area contributed by atoms with Crippen LogP contribution in [0.25, 0.3) is 11.0 Å². The second kappa shape index (κ2) is 5.59. The lowest BCUT2D eigenvalue weighted by Gasteiger charge is -2.20. The molecule has 1 N–H and O–H groups in total. The van der Waals surface area contributed by atoms with Gasteiger partial charge in [-0.05, 0) is 69.1 Å². The Balaban J connectivity index is 1.46. The fraction of sp³-hybridized carbons (Fsp3) is 0.526. The molecule has 0 aliphatic heterocycles. The van der Waals surface area contributed by atoms with Gasteiger partial charge in [0.15, 0.2) is 0 Å². The molecule has 4 nitrogen and oxygen atoms in total. The zero-order valence-corrected chi connectivity index (χ0v) is 13.8. The van der Waals surface area contributed by atoms with Crippen LogP contribution in [0.4, 0.5) is 5.69 Å². The van der Waals surface area contributed by atoms with Crippen LogP contribution in [-0.2, 0) is 4.79 Å². The molecule has 0 saturated heterocycles. The number of amides is 1. The number of aryl methyl sites for hydroxylation is 2. The zero-order valence-electron chi connectivity index (χ0n) is 13.8. The van der Waals surface area contributed by atoms with Crippen molar-refractivity contribution >= 4 is 22.6 Å². The van der Waals surface area contributed by atoms with Crippen molar-refractivity contribution < 1.29 is 4.79 Å². The summed E-state index contributed by atoms with van der Waals surface area (Å²) in [7, 11) is 0. The Morgan fingerprint density at radius 1 is 1.13 bits per heavy atom. The van der Waals surface area contributed by atoms with Gasteiger partial charge >= 0.3 is 0 Å². The Labute approximate surface area is 136 Å². The van der Waals surface area contributed by atoms with Gasteiger partial charge in [-0.25, -0.2) is 9.97 Å². The van der Waals surface area contributed by atoms with Crippen molar-refractivity contribution in [3.63, 3.8) is 0 Å². The number of rotatable bonds is 3. The van der Waals surface area contributed by atoms with Crippen LogP contribution in [0.2, 0.25) is 0 Å². The number of hydrogen-bond donors (Lipinski definition) is 1. The lowest BCUT2D eigenvalue weighted by molar-refractivity contribution is -0.117. The molecule has 4 heteroatoms. The SMILES string of the molecule is Cc1nc2ccc(NC(=O)C[C@@H]3C[C@H]4CC[C@H]3C4)cc2nc1C. The molecule has 0 spiro atoms. The van der Waals surface area contributed by atoms with Gasteiger partial charge in [0.05, 0.1) is 22.4 Å². The first-order valence-corrected chi connectivity index (χ1v) is 8.63. The van der Waals surface area contributed by atoms with Gasteiger partial charge in [0, 0.05) is 12.1 Å². The minimum Gasteiger partial charge on any atom is -0.326 e. The van der Waals surface area contributed by atoms with Crippen LogP contribution >= 0.6 is 0 Å². The van der Waals surface area contributed by atoms with E-state index in [2.05, 4.69) is 15.3 Å². The third kappa shape index (κ3) is 2.82. The van der Waals surface area contributed by atoms with Crippen molar-refractivity contribution in [1.82, 2.24) is 9.97 Å². The van der Waals surface area contributed by atoms with E-state index in [1.165, 1.54) is 25.7 Å². The minimum absolute atomic E-state index is 0.138. The first-order valence-electron chi connectivity index (χ1n) is 8.63. The number of anilines is 1. The van der Waals surface area contributed by atoms with E-state index in [9.17, 15) is 4.79 Å². The molecule has 0 unspecified atom stereocenters. The first-order chi connectivity index (χ1) is 11.1. The highest BCUT2D eigenvalue weighted by atomic mass is 16.1. The van der Waals surface area contributed by atoms with Crippen molar-refractivity contribution in [2.24, 2.45) is 17.8 Å². The highest BCUT2D eigenvalue weighted by Gasteiger charge is 2.40. The maximum atomic E-state index is 12.4. The average Bonchev–Trinajstić information content (AvgIpc) is 3.11. The summed E-state index contributed by atoms with van der Waals surface area (Å²) in [5.41, 5.74) is 4.42. The Morgan fingerprint density at radius 2 is 1.91 bits per heavy atom. The summed E-state index contributed by atoms with van der Waals surface area (Å²) in [5.74, 6) is 2.41. The smallest absolute Gasteiger partial charge is 0.224 e. The van der Waals surface area contributed by atoms with Gasteiger partial charge in [0.1, 0.15) is 0 Å². The normalized spacial score (nSPS) is 25.9. The molecule has 0 radical (unpaired) electrons. The number of aromatic nitrogens is 2. The van der Waals surface area contributed by atoms with Crippen molar-refractivity contribution in [2.45, 2.75) is 46.0 Å². The number of carbonyl (C=O) groups excluding carboxylic acids is 1.